The molecule has 4 aromatic rings. The van der Waals surface area contributed by atoms with E-state index in [9.17, 15) is 8.60 Å². The predicted molar refractivity (Wildman–Crippen MR) is 109 cm³/mol. The number of imidazole rings is 1. The summed E-state index contributed by atoms with van der Waals surface area (Å²) in [6.45, 7) is 0. The summed E-state index contributed by atoms with van der Waals surface area (Å²) in [6.07, 6.45) is 3.28. The van der Waals surface area contributed by atoms with E-state index in [-0.39, 0.29) is 5.82 Å². The molecule has 0 saturated heterocycles. The molecule has 0 aliphatic carbocycles. The highest BCUT2D eigenvalue weighted by Gasteiger charge is 2.09. The zero-order valence-electron chi connectivity index (χ0n) is 15.4. The molecule has 146 valence electrons. The number of hydrogen-bond acceptors (Lipinski definition) is 4. The van der Waals surface area contributed by atoms with Crippen molar-refractivity contribution in [2.75, 3.05) is 4.72 Å². The number of anilines is 1. The number of halogens is 1. The third-order valence-electron chi connectivity index (χ3n) is 4.02. The molecule has 2 aromatic carbocycles. The predicted octanol–water partition coefficient (Wildman–Crippen LogP) is 4.55. The third-order valence-corrected chi connectivity index (χ3v) is 5.00. The summed E-state index contributed by atoms with van der Waals surface area (Å²) in [7, 11) is 0.318. The van der Waals surface area contributed by atoms with Gasteiger partial charge in [-0.2, -0.15) is 0 Å². The minimum atomic E-state index is -1.50. The largest absolute Gasteiger partial charge is 0.457 e. The van der Waals surface area contributed by atoms with E-state index in [4.69, 9.17) is 4.74 Å². The number of nitrogens with zero attached hydrogens (tertiary/aromatic N) is 3. The van der Waals surface area contributed by atoms with Gasteiger partial charge in [0.05, 0.1) is 12.0 Å². The van der Waals surface area contributed by atoms with Gasteiger partial charge in [0, 0.05) is 18.8 Å². The van der Waals surface area contributed by atoms with Crippen molar-refractivity contribution in [2.45, 2.75) is 5.03 Å². The SMILES string of the molecule is Cn1cnc(S(=O)Nc2cccc(-c3ccc(Oc4ccc(F)cc4)cc3)n2)c1. The van der Waals surface area contributed by atoms with E-state index < -0.39 is 11.0 Å². The molecule has 0 spiro atoms. The molecule has 2 aromatic heterocycles. The van der Waals surface area contributed by atoms with Crippen LogP contribution in [0.3, 0.4) is 0 Å². The Morgan fingerprint density at radius 2 is 1.69 bits per heavy atom. The molecule has 0 fully saturated rings. The lowest BCUT2D eigenvalue weighted by atomic mass is 10.1. The van der Waals surface area contributed by atoms with Crippen LogP contribution in [0.5, 0.6) is 11.5 Å². The van der Waals surface area contributed by atoms with Gasteiger partial charge >= 0.3 is 0 Å². The summed E-state index contributed by atoms with van der Waals surface area (Å²) in [6, 6.07) is 18.7. The van der Waals surface area contributed by atoms with Gasteiger partial charge in [-0.15, -0.1) is 0 Å². The summed E-state index contributed by atoms with van der Waals surface area (Å²) in [4.78, 5) is 8.60. The first-order valence-electron chi connectivity index (χ1n) is 8.74. The number of rotatable bonds is 6. The molecule has 1 atom stereocenters. The first-order valence-corrected chi connectivity index (χ1v) is 9.89. The molecule has 0 saturated carbocycles. The fourth-order valence-electron chi connectivity index (χ4n) is 2.62. The third kappa shape index (κ3) is 4.67. The monoisotopic (exact) mass is 408 g/mol. The molecule has 0 radical (unpaired) electrons. The van der Waals surface area contributed by atoms with Crippen LogP contribution in [0.15, 0.2) is 84.3 Å². The summed E-state index contributed by atoms with van der Waals surface area (Å²) in [5.74, 6) is 1.36. The molecule has 0 aliphatic rings. The van der Waals surface area contributed by atoms with Crippen LogP contribution in [-0.2, 0) is 18.0 Å². The first kappa shape index (κ1) is 18.8. The van der Waals surface area contributed by atoms with Crippen molar-refractivity contribution in [3.8, 4) is 22.8 Å². The Morgan fingerprint density at radius 3 is 2.34 bits per heavy atom. The van der Waals surface area contributed by atoms with Gasteiger partial charge in [-0.05, 0) is 60.7 Å². The molecular weight excluding hydrogens is 391 g/mol. The van der Waals surface area contributed by atoms with E-state index in [0.29, 0.717) is 22.3 Å². The zero-order valence-corrected chi connectivity index (χ0v) is 16.3. The number of hydrogen-bond donors (Lipinski definition) is 1. The normalized spacial score (nSPS) is 11.8. The maximum atomic E-state index is 13.0. The summed E-state index contributed by atoms with van der Waals surface area (Å²) < 4.78 is 35.6. The molecule has 1 unspecified atom stereocenters. The average Bonchev–Trinajstić information content (AvgIpc) is 3.17. The summed E-state index contributed by atoms with van der Waals surface area (Å²) in [5.41, 5.74) is 1.60. The standard InChI is InChI=1S/C21H17FN4O2S/c1-26-13-21(23-14-26)29(27)25-20-4-2-3-19(24-20)15-5-9-17(10-6-15)28-18-11-7-16(22)8-12-18/h2-14H,1H3,(H,24,25). The van der Waals surface area contributed by atoms with Crippen LogP contribution in [0.25, 0.3) is 11.3 Å². The highest BCUT2D eigenvalue weighted by atomic mass is 32.2. The minimum absolute atomic E-state index is 0.309. The average molecular weight is 408 g/mol. The van der Waals surface area contributed by atoms with E-state index >= 15 is 0 Å². The number of aryl methyl sites for hydroxylation is 1. The van der Waals surface area contributed by atoms with Crippen LogP contribution < -0.4 is 9.46 Å². The van der Waals surface area contributed by atoms with E-state index in [0.717, 1.165) is 11.3 Å². The second kappa shape index (κ2) is 8.24. The first-order chi connectivity index (χ1) is 14.1. The van der Waals surface area contributed by atoms with Crippen molar-refractivity contribution in [3.63, 3.8) is 0 Å². The molecule has 0 bridgehead atoms. The number of nitrogens with one attached hydrogen (secondary N) is 1. The van der Waals surface area contributed by atoms with Crippen molar-refractivity contribution in [2.24, 2.45) is 7.05 Å². The van der Waals surface area contributed by atoms with Crippen LogP contribution in [0.4, 0.5) is 10.2 Å². The van der Waals surface area contributed by atoms with Crippen LogP contribution in [-0.4, -0.2) is 18.7 Å². The van der Waals surface area contributed by atoms with Crippen LogP contribution in [0, 0.1) is 5.82 Å². The van der Waals surface area contributed by atoms with Gasteiger partial charge in [0.15, 0.2) is 16.0 Å². The fraction of sp³-hybridized carbons (Fsp3) is 0.0476. The van der Waals surface area contributed by atoms with Crippen molar-refractivity contribution in [1.29, 1.82) is 0 Å². The number of pyridine rings is 1. The van der Waals surface area contributed by atoms with Crippen molar-refractivity contribution >= 4 is 16.8 Å². The lowest BCUT2D eigenvalue weighted by molar-refractivity contribution is 0.480. The number of ether oxygens (including phenoxy) is 1. The molecule has 0 amide bonds. The van der Waals surface area contributed by atoms with Crippen LogP contribution >= 0.6 is 0 Å². The van der Waals surface area contributed by atoms with Gasteiger partial charge in [-0.1, -0.05) is 6.07 Å². The molecule has 1 N–H and O–H groups in total. The highest BCUT2D eigenvalue weighted by Crippen LogP contribution is 2.26. The smallest absolute Gasteiger partial charge is 0.172 e. The highest BCUT2D eigenvalue weighted by molar-refractivity contribution is 7.86. The topological polar surface area (TPSA) is 69.0 Å². The summed E-state index contributed by atoms with van der Waals surface area (Å²) >= 11 is 0. The van der Waals surface area contributed by atoms with Gasteiger partial charge in [-0.3, -0.25) is 4.72 Å². The lowest BCUT2D eigenvalue weighted by Crippen LogP contribution is -2.06. The van der Waals surface area contributed by atoms with E-state index in [1.165, 1.54) is 12.1 Å². The zero-order chi connectivity index (χ0) is 20.2. The Balaban J connectivity index is 1.47. The Bertz CT molecular complexity index is 1140. The van der Waals surface area contributed by atoms with Crippen molar-refractivity contribution in [1.82, 2.24) is 14.5 Å². The van der Waals surface area contributed by atoms with Crippen LogP contribution in [0.2, 0.25) is 0 Å². The molecule has 29 heavy (non-hydrogen) atoms. The van der Waals surface area contributed by atoms with Crippen LogP contribution in [0.1, 0.15) is 0 Å². The lowest BCUT2D eigenvalue weighted by Gasteiger charge is -2.08. The Kier molecular flexibility index (Phi) is 5.35. The quantitative estimate of drug-likeness (QED) is 0.508. The van der Waals surface area contributed by atoms with Gasteiger partial charge < -0.3 is 9.30 Å². The van der Waals surface area contributed by atoms with Gasteiger partial charge in [0.1, 0.15) is 23.1 Å². The maximum Gasteiger partial charge on any atom is 0.172 e. The van der Waals surface area contributed by atoms with Crippen molar-refractivity contribution < 1.29 is 13.3 Å². The van der Waals surface area contributed by atoms with E-state index in [1.807, 2.05) is 43.4 Å². The molecule has 8 heteroatoms. The molecular formula is C21H17FN4O2S. The molecule has 6 nitrogen and oxygen atoms in total. The van der Waals surface area contributed by atoms with Crippen molar-refractivity contribution in [3.05, 3.63) is 85.1 Å². The second-order valence-corrected chi connectivity index (χ2v) is 7.40. The maximum absolute atomic E-state index is 13.0. The van der Waals surface area contributed by atoms with E-state index in [1.54, 1.807) is 35.3 Å². The van der Waals surface area contributed by atoms with Gasteiger partial charge in [0.25, 0.3) is 0 Å². The molecule has 4 rings (SSSR count). The molecule has 2 heterocycles. The number of benzene rings is 2. The van der Waals surface area contributed by atoms with Gasteiger partial charge in [-0.25, -0.2) is 18.6 Å². The molecule has 0 aliphatic heterocycles. The Hall–Kier alpha value is -3.52. The number of aromatic nitrogens is 3. The summed E-state index contributed by atoms with van der Waals surface area (Å²) in [5, 5.41) is 0.432. The Labute approximate surface area is 169 Å². The fourth-order valence-corrected chi connectivity index (χ4v) is 3.43. The Morgan fingerprint density at radius 1 is 1.00 bits per heavy atom. The van der Waals surface area contributed by atoms with Gasteiger partial charge in [0.2, 0.25) is 0 Å². The minimum Gasteiger partial charge on any atom is -0.457 e. The second-order valence-electron chi connectivity index (χ2n) is 6.24. The van der Waals surface area contributed by atoms with E-state index in [2.05, 4.69) is 14.7 Å².